The molecule has 2 N–H and O–H groups in total. The number of rotatable bonds is 5. The number of benzene rings is 1. The molecule has 0 aliphatic rings. The largest absolute Gasteiger partial charge is 0.478 e. The number of carboxylic acid groups (broad SMARTS) is 1. The van der Waals surface area contributed by atoms with Crippen LogP contribution in [0.15, 0.2) is 24.3 Å². The van der Waals surface area contributed by atoms with Crippen LogP contribution in [0.1, 0.15) is 43.1 Å². The lowest BCUT2D eigenvalue weighted by molar-refractivity contribution is 0.0695. The summed E-state index contributed by atoms with van der Waals surface area (Å²) in [5.41, 5.74) is 1.24. The van der Waals surface area contributed by atoms with Gasteiger partial charge in [0.25, 0.3) is 0 Å². The molecule has 3 nitrogen and oxygen atoms in total. The van der Waals surface area contributed by atoms with Crippen LogP contribution in [0.5, 0.6) is 0 Å². The molecule has 0 bridgehead atoms. The lowest BCUT2D eigenvalue weighted by Crippen LogP contribution is -2.38. The summed E-state index contributed by atoms with van der Waals surface area (Å²) in [7, 11) is 0. The van der Waals surface area contributed by atoms with Gasteiger partial charge in [-0.15, -0.1) is 12.4 Å². The second-order valence-electron chi connectivity index (χ2n) is 4.55. The van der Waals surface area contributed by atoms with Gasteiger partial charge in [0.15, 0.2) is 0 Å². The summed E-state index contributed by atoms with van der Waals surface area (Å²) in [4.78, 5) is 11.0. The maximum Gasteiger partial charge on any atom is 0.336 e. The third-order valence-electron chi connectivity index (χ3n) is 2.89. The highest BCUT2D eigenvalue weighted by atomic mass is 35.5. The Morgan fingerprint density at radius 1 is 1.35 bits per heavy atom. The highest BCUT2D eigenvalue weighted by Gasteiger charge is 2.15. The molecule has 0 aliphatic heterocycles. The molecule has 0 unspecified atom stereocenters. The topological polar surface area (TPSA) is 49.3 Å². The smallest absolute Gasteiger partial charge is 0.336 e. The van der Waals surface area contributed by atoms with Crippen LogP contribution in [0.3, 0.4) is 0 Å². The highest BCUT2D eigenvalue weighted by molar-refractivity contribution is 5.89. The van der Waals surface area contributed by atoms with E-state index in [-0.39, 0.29) is 17.9 Å². The van der Waals surface area contributed by atoms with Crippen LogP contribution in [-0.2, 0) is 6.54 Å². The summed E-state index contributed by atoms with van der Waals surface area (Å²) in [6.45, 7) is 6.91. The number of halogens is 1. The van der Waals surface area contributed by atoms with Crippen LogP contribution in [0.2, 0.25) is 0 Å². The van der Waals surface area contributed by atoms with Crippen LogP contribution >= 0.6 is 12.4 Å². The summed E-state index contributed by atoms with van der Waals surface area (Å²) in [5.74, 6) is -0.869. The maximum absolute atomic E-state index is 11.0. The molecule has 0 amide bonds. The molecule has 0 fully saturated rings. The highest BCUT2D eigenvalue weighted by Crippen LogP contribution is 2.12. The van der Waals surface area contributed by atoms with E-state index in [1.54, 1.807) is 12.1 Å². The van der Waals surface area contributed by atoms with Gasteiger partial charge in [-0.25, -0.2) is 4.79 Å². The van der Waals surface area contributed by atoms with Crippen molar-refractivity contribution in [3.8, 4) is 0 Å². The number of nitrogens with one attached hydrogen (secondary N) is 1. The van der Waals surface area contributed by atoms with Crippen LogP contribution in [0, 0.1) is 0 Å². The average Bonchev–Trinajstić information content (AvgIpc) is 2.27. The first-order valence-corrected chi connectivity index (χ1v) is 5.52. The molecule has 0 atom stereocenters. The quantitative estimate of drug-likeness (QED) is 0.852. The molecule has 17 heavy (non-hydrogen) atoms. The Morgan fingerprint density at radius 2 is 1.94 bits per heavy atom. The van der Waals surface area contributed by atoms with Gasteiger partial charge in [-0.1, -0.05) is 25.1 Å². The second kappa shape index (κ2) is 6.62. The van der Waals surface area contributed by atoms with E-state index in [1.807, 2.05) is 12.1 Å². The van der Waals surface area contributed by atoms with Crippen molar-refractivity contribution in [1.29, 1.82) is 0 Å². The monoisotopic (exact) mass is 257 g/mol. The molecule has 1 aromatic rings. The number of carboxylic acids is 1. The van der Waals surface area contributed by atoms with Crippen LogP contribution in [-0.4, -0.2) is 16.6 Å². The number of carbonyl (C=O) groups is 1. The Morgan fingerprint density at radius 3 is 2.47 bits per heavy atom. The summed E-state index contributed by atoms with van der Waals surface area (Å²) in [6.07, 6.45) is 1.00. The molecule has 0 aliphatic carbocycles. The Balaban J connectivity index is 0.00000256. The van der Waals surface area contributed by atoms with Crippen molar-refractivity contribution in [3.63, 3.8) is 0 Å². The van der Waals surface area contributed by atoms with E-state index in [2.05, 4.69) is 26.1 Å². The second-order valence-corrected chi connectivity index (χ2v) is 4.55. The zero-order valence-corrected chi connectivity index (χ0v) is 11.3. The van der Waals surface area contributed by atoms with Crippen molar-refractivity contribution in [1.82, 2.24) is 5.32 Å². The minimum atomic E-state index is -0.869. The molecular formula is C13H20ClNO2. The molecule has 0 saturated heterocycles. The summed E-state index contributed by atoms with van der Waals surface area (Å²) in [6, 6.07) is 7.10. The molecule has 0 aromatic heterocycles. The molecule has 1 aromatic carbocycles. The van der Waals surface area contributed by atoms with Crippen molar-refractivity contribution in [2.24, 2.45) is 0 Å². The van der Waals surface area contributed by atoms with Gasteiger partial charge in [0.2, 0.25) is 0 Å². The molecule has 0 radical (unpaired) electrons. The standard InChI is InChI=1S/C13H19NO2.ClH/c1-4-13(2,3)14-9-10-7-5-6-8-11(10)12(15)16;/h5-8,14H,4,9H2,1-3H3,(H,15,16);1H. The first-order valence-electron chi connectivity index (χ1n) is 5.52. The maximum atomic E-state index is 11.0. The lowest BCUT2D eigenvalue weighted by atomic mass is 10.0. The lowest BCUT2D eigenvalue weighted by Gasteiger charge is -2.25. The van der Waals surface area contributed by atoms with Gasteiger partial charge in [0, 0.05) is 12.1 Å². The molecule has 96 valence electrons. The van der Waals surface area contributed by atoms with Crippen molar-refractivity contribution >= 4 is 18.4 Å². The summed E-state index contributed by atoms with van der Waals surface area (Å²) in [5, 5.41) is 12.4. The molecule has 0 heterocycles. The fourth-order valence-electron chi connectivity index (χ4n) is 1.34. The molecular weight excluding hydrogens is 238 g/mol. The van der Waals surface area contributed by atoms with E-state index in [0.717, 1.165) is 12.0 Å². The van der Waals surface area contributed by atoms with Crippen LogP contribution < -0.4 is 5.32 Å². The summed E-state index contributed by atoms with van der Waals surface area (Å²) < 4.78 is 0. The number of aromatic carboxylic acids is 1. The number of hydrogen-bond acceptors (Lipinski definition) is 2. The third kappa shape index (κ3) is 4.75. The fraction of sp³-hybridized carbons (Fsp3) is 0.462. The van der Waals surface area contributed by atoms with Gasteiger partial charge in [0.05, 0.1) is 5.56 Å². The van der Waals surface area contributed by atoms with E-state index in [9.17, 15) is 4.79 Å². The van der Waals surface area contributed by atoms with E-state index in [1.165, 1.54) is 0 Å². The van der Waals surface area contributed by atoms with Crippen molar-refractivity contribution in [3.05, 3.63) is 35.4 Å². The van der Waals surface area contributed by atoms with Crippen LogP contribution in [0.25, 0.3) is 0 Å². The first kappa shape index (κ1) is 15.9. The van der Waals surface area contributed by atoms with Gasteiger partial charge in [-0.3, -0.25) is 0 Å². The SMILES string of the molecule is CCC(C)(C)NCc1ccccc1C(=O)O.Cl. The average molecular weight is 258 g/mol. The Bertz CT molecular complexity index is 377. The third-order valence-corrected chi connectivity index (χ3v) is 2.89. The van der Waals surface area contributed by atoms with E-state index < -0.39 is 5.97 Å². The molecule has 1 rings (SSSR count). The Kier molecular flexibility index (Phi) is 6.21. The first-order chi connectivity index (χ1) is 7.46. The zero-order valence-electron chi connectivity index (χ0n) is 10.5. The van der Waals surface area contributed by atoms with Gasteiger partial charge in [-0.05, 0) is 31.9 Å². The van der Waals surface area contributed by atoms with Crippen molar-refractivity contribution in [2.75, 3.05) is 0 Å². The van der Waals surface area contributed by atoms with Gasteiger partial charge in [0.1, 0.15) is 0 Å². The molecule has 0 saturated carbocycles. The van der Waals surface area contributed by atoms with Gasteiger partial charge < -0.3 is 10.4 Å². The molecule has 0 spiro atoms. The van der Waals surface area contributed by atoms with E-state index in [0.29, 0.717) is 12.1 Å². The van der Waals surface area contributed by atoms with E-state index >= 15 is 0 Å². The predicted molar refractivity (Wildman–Crippen MR) is 71.9 cm³/mol. The van der Waals surface area contributed by atoms with Gasteiger partial charge >= 0.3 is 5.97 Å². The van der Waals surface area contributed by atoms with Gasteiger partial charge in [-0.2, -0.15) is 0 Å². The van der Waals surface area contributed by atoms with Crippen LogP contribution in [0.4, 0.5) is 0 Å². The Labute approximate surface area is 109 Å². The van der Waals surface area contributed by atoms with Crippen molar-refractivity contribution < 1.29 is 9.90 Å². The summed E-state index contributed by atoms with van der Waals surface area (Å²) >= 11 is 0. The zero-order chi connectivity index (χ0) is 12.2. The normalized spacial score (nSPS) is 10.8. The van der Waals surface area contributed by atoms with Crippen molar-refractivity contribution in [2.45, 2.75) is 39.3 Å². The minimum absolute atomic E-state index is 0. The predicted octanol–water partition coefficient (Wildman–Crippen LogP) is 3.08. The molecule has 4 heteroatoms. The minimum Gasteiger partial charge on any atom is -0.478 e. The number of hydrogen-bond donors (Lipinski definition) is 2. The fourth-order valence-corrected chi connectivity index (χ4v) is 1.34. The Hall–Kier alpha value is -1.06. The van der Waals surface area contributed by atoms with E-state index in [4.69, 9.17) is 5.11 Å².